The molecule has 1 atom stereocenters. The van der Waals surface area contributed by atoms with Crippen molar-refractivity contribution >= 4 is 22.5 Å². The van der Waals surface area contributed by atoms with E-state index < -0.39 is 0 Å². The maximum Gasteiger partial charge on any atom is 0.205 e. The molecule has 0 amide bonds. The van der Waals surface area contributed by atoms with Crippen LogP contribution in [0.2, 0.25) is 0 Å². The molecule has 0 spiro atoms. The van der Waals surface area contributed by atoms with Crippen molar-refractivity contribution < 1.29 is 4.73 Å². The molecule has 0 aromatic carbocycles. The van der Waals surface area contributed by atoms with Gasteiger partial charge in [0.15, 0.2) is 6.20 Å². The third kappa shape index (κ3) is 1.65. The van der Waals surface area contributed by atoms with Crippen LogP contribution in [0.15, 0.2) is 29.6 Å². The van der Waals surface area contributed by atoms with Gasteiger partial charge >= 0.3 is 0 Å². The van der Waals surface area contributed by atoms with Crippen molar-refractivity contribution in [2.45, 2.75) is 6.92 Å². The fourth-order valence-electron chi connectivity index (χ4n) is 1.35. The number of halogens is 1. The van der Waals surface area contributed by atoms with Crippen LogP contribution in [0.4, 0.5) is 5.69 Å². The molecule has 1 unspecified atom stereocenters. The van der Waals surface area contributed by atoms with Gasteiger partial charge in [0.1, 0.15) is 10.9 Å². The average molecular weight is 212 g/mol. The number of nitrogens with zero attached hydrogens (tertiary/aromatic N) is 3. The fraction of sp³-hybridized carbons (Fsp3) is 0.333. The van der Waals surface area contributed by atoms with E-state index >= 15 is 0 Å². The van der Waals surface area contributed by atoms with E-state index in [4.69, 9.17) is 11.6 Å². The highest BCUT2D eigenvalue weighted by atomic mass is 35.5. The van der Waals surface area contributed by atoms with Crippen molar-refractivity contribution in [3.8, 4) is 0 Å². The largest absolute Gasteiger partial charge is 0.619 e. The number of aromatic nitrogens is 1. The molecule has 1 aromatic rings. The van der Waals surface area contributed by atoms with Crippen molar-refractivity contribution in [2.75, 3.05) is 11.6 Å². The van der Waals surface area contributed by atoms with Crippen molar-refractivity contribution in [3.05, 3.63) is 29.7 Å². The minimum absolute atomic E-state index is 0.233. The molecule has 1 aliphatic heterocycles. The lowest BCUT2D eigenvalue weighted by molar-refractivity contribution is -0.604. The third-order valence-electron chi connectivity index (χ3n) is 2.13. The first kappa shape index (κ1) is 9.27. The molecule has 1 aliphatic rings. The first-order valence-corrected chi connectivity index (χ1v) is 4.75. The second kappa shape index (κ2) is 3.46. The van der Waals surface area contributed by atoms with Gasteiger partial charge in [0.25, 0.3) is 0 Å². The van der Waals surface area contributed by atoms with Crippen molar-refractivity contribution in [1.82, 2.24) is 0 Å². The highest BCUT2D eigenvalue weighted by Gasteiger charge is 2.22. The number of rotatable bonds is 1. The zero-order chi connectivity index (χ0) is 10.1. The van der Waals surface area contributed by atoms with Gasteiger partial charge in [-0.2, -0.15) is 9.83 Å². The molecule has 0 aliphatic carbocycles. The molecule has 2 heterocycles. The van der Waals surface area contributed by atoms with E-state index in [0.29, 0.717) is 5.17 Å². The molecule has 74 valence electrons. The molecule has 0 bridgehead atoms. The maximum absolute atomic E-state index is 11.0. The smallest absolute Gasteiger partial charge is 0.205 e. The molecule has 1 aromatic heterocycles. The number of anilines is 1. The number of hydrogen-bond donors (Lipinski definition) is 0. The summed E-state index contributed by atoms with van der Waals surface area (Å²) >= 11 is 5.87. The Hall–Kier alpha value is -1.29. The van der Waals surface area contributed by atoms with E-state index in [-0.39, 0.29) is 5.92 Å². The average Bonchev–Trinajstić information content (AvgIpc) is 2.47. The summed E-state index contributed by atoms with van der Waals surface area (Å²) in [5.41, 5.74) is 0.769. The van der Waals surface area contributed by atoms with Gasteiger partial charge in [0, 0.05) is 12.0 Å². The lowest BCUT2D eigenvalue weighted by Crippen LogP contribution is -2.27. The first-order valence-electron chi connectivity index (χ1n) is 4.37. The van der Waals surface area contributed by atoms with Gasteiger partial charge in [-0.25, -0.2) is 0 Å². The van der Waals surface area contributed by atoms with Crippen molar-refractivity contribution in [1.29, 1.82) is 0 Å². The lowest BCUT2D eigenvalue weighted by Gasteiger charge is -2.12. The van der Waals surface area contributed by atoms with E-state index in [0.717, 1.165) is 17.0 Å². The quantitative estimate of drug-likeness (QED) is 0.520. The van der Waals surface area contributed by atoms with Crippen LogP contribution in [0.25, 0.3) is 0 Å². The monoisotopic (exact) mass is 211 g/mol. The molecule has 5 heteroatoms. The molecular formula is C9H10ClN3O. The molecular weight excluding hydrogens is 202 g/mol. The Morgan fingerprint density at radius 3 is 3.07 bits per heavy atom. The predicted octanol–water partition coefficient (Wildman–Crippen LogP) is 1.33. The van der Waals surface area contributed by atoms with E-state index in [1.54, 1.807) is 11.1 Å². The third-order valence-corrected chi connectivity index (χ3v) is 2.58. The summed E-state index contributed by atoms with van der Waals surface area (Å²) in [6.07, 6.45) is 2.92. The van der Waals surface area contributed by atoms with Gasteiger partial charge in [-0.1, -0.05) is 18.5 Å². The molecule has 0 saturated carbocycles. The second-order valence-electron chi connectivity index (χ2n) is 3.33. The van der Waals surface area contributed by atoms with Gasteiger partial charge in [-0.05, 0) is 6.07 Å². The van der Waals surface area contributed by atoms with Crippen LogP contribution in [0.3, 0.4) is 0 Å². The van der Waals surface area contributed by atoms with Crippen molar-refractivity contribution in [3.63, 3.8) is 0 Å². The van der Waals surface area contributed by atoms with Crippen LogP contribution < -0.4 is 9.74 Å². The first-order chi connectivity index (χ1) is 6.66. The summed E-state index contributed by atoms with van der Waals surface area (Å²) < 4.78 is 0.752. The van der Waals surface area contributed by atoms with Gasteiger partial charge in [-0.15, -0.1) is 0 Å². The maximum atomic E-state index is 11.0. The number of hydrogen-bond acceptors (Lipinski definition) is 3. The Morgan fingerprint density at radius 1 is 1.71 bits per heavy atom. The van der Waals surface area contributed by atoms with Gasteiger partial charge in [0.05, 0.1) is 6.54 Å². The topological polar surface area (TPSA) is 42.5 Å². The molecule has 0 radical (unpaired) electrons. The van der Waals surface area contributed by atoms with E-state index in [2.05, 4.69) is 5.10 Å². The summed E-state index contributed by atoms with van der Waals surface area (Å²) in [5.74, 6) is 0.233. The molecule has 0 saturated heterocycles. The highest BCUT2D eigenvalue weighted by Crippen LogP contribution is 2.21. The highest BCUT2D eigenvalue weighted by molar-refractivity contribution is 6.66. The van der Waals surface area contributed by atoms with E-state index in [1.165, 1.54) is 12.4 Å². The fourth-order valence-corrected chi connectivity index (χ4v) is 1.51. The van der Waals surface area contributed by atoms with Crippen LogP contribution in [0, 0.1) is 11.1 Å². The molecule has 14 heavy (non-hydrogen) atoms. The van der Waals surface area contributed by atoms with E-state index in [1.807, 2.05) is 13.0 Å². The zero-order valence-electron chi connectivity index (χ0n) is 7.72. The number of pyridine rings is 1. The van der Waals surface area contributed by atoms with Crippen LogP contribution in [0.5, 0.6) is 0 Å². The van der Waals surface area contributed by atoms with Crippen LogP contribution in [-0.2, 0) is 0 Å². The van der Waals surface area contributed by atoms with Gasteiger partial charge in [-0.3, -0.25) is 5.01 Å². The van der Waals surface area contributed by atoms with Crippen LogP contribution >= 0.6 is 11.6 Å². The van der Waals surface area contributed by atoms with Gasteiger partial charge < -0.3 is 5.21 Å². The second-order valence-corrected chi connectivity index (χ2v) is 3.72. The Morgan fingerprint density at radius 2 is 2.50 bits per heavy atom. The summed E-state index contributed by atoms with van der Waals surface area (Å²) in [5, 5.41) is 17.5. The lowest BCUT2D eigenvalue weighted by atomic mass is 10.2. The SMILES string of the molecule is CC1CN(c2ccc[n+]([O-])c2)N=C1Cl. The summed E-state index contributed by atoms with van der Waals surface area (Å²) in [4.78, 5) is 0. The summed E-state index contributed by atoms with van der Waals surface area (Å²) in [6.45, 7) is 2.73. The van der Waals surface area contributed by atoms with Crippen LogP contribution in [-0.4, -0.2) is 11.7 Å². The predicted molar refractivity (Wildman–Crippen MR) is 55.2 cm³/mol. The Balaban J connectivity index is 2.26. The van der Waals surface area contributed by atoms with E-state index in [9.17, 15) is 5.21 Å². The minimum Gasteiger partial charge on any atom is -0.619 e. The minimum atomic E-state index is 0.233. The summed E-state index contributed by atoms with van der Waals surface area (Å²) in [7, 11) is 0. The standard InChI is InChI=1S/C9H10ClN3O/c1-7-5-13(11-9(7)10)8-3-2-4-12(14)6-8/h2-4,6-7H,5H2,1H3. The Kier molecular flexibility index (Phi) is 2.29. The zero-order valence-corrected chi connectivity index (χ0v) is 8.48. The van der Waals surface area contributed by atoms with Crippen LogP contribution in [0.1, 0.15) is 6.92 Å². The Bertz CT molecular complexity index is 380. The van der Waals surface area contributed by atoms with Crippen molar-refractivity contribution in [2.24, 2.45) is 11.0 Å². The van der Waals surface area contributed by atoms with Gasteiger partial charge in [0.2, 0.25) is 6.20 Å². The Labute approximate surface area is 87.0 Å². The molecule has 4 nitrogen and oxygen atoms in total. The molecule has 0 fully saturated rings. The molecule has 2 rings (SSSR count). The number of hydrazone groups is 1. The summed E-state index contributed by atoms with van der Waals surface area (Å²) in [6, 6.07) is 3.52. The molecule has 0 N–H and O–H groups in total. The normalized spacial score (nSPS) is 21.1.